The number of hydrogen-bond acceptors (Lipinski definition) is 3. The van der Waals surface area contributed by atoms with Gasteiger partial charge in [0.15, 0.2) is 0 Å². The molecule has 26 heavy (non-hydrogen) atoms. The van der Waals surface area contributed by atoms with Gasteiger partial charge in [-0.1, -0.05) is 24.3 Å². The monoisotopic (exact) mass is 349 g/mol. The van der Waals surface area contributed by atoms with Crippen molar-refractivity contribution < 1.29 is 9.53 Å². The number of pyridine rings is 1. The summed E-state index contributed by atoms with van der Waals surface area (Å²) in [7, 11) is 1.70. The van der Waals surface area contributed by atoms with Crippen LogP contribution in [0.15, 0.2) is 54.9 Å². The fourth-order valence-corrected chi connectivity index (χ4v) is 3.89. The zero-order valence-electron chi connectivity index (χ0n) is 15.0. The second-order valence-corrected chi connectivity index (χ2v) is 6.78. The first-order valence-electron chi connectivity index (χ1n) is 9.09. The van der Waals surface area contributed by atoms with Crippen molar-refractivity contribution in [3.05, 3.63) is 66.0 Å². The molecule has 1 atom stereocenters. The van der Waals surface area contributed by atoms with E-state index >= 15 is 0 Å². The lowest BCUT2D eigenvalue weighted by molar-refractivity contribution is -0.131. The first-order valence-corrected chi connectivity index (χ1v) is 9.09. The number of aromatic nitrogens is 2. The fraction of sp³-hybridized carbons (Fsp3) is 0.333. The molecular weight excluding hydrogens is 326 g/mol. The van der Waals surface area contributed by atoms with Gasteiger partial charge in [0.1, 0.15) is 5.75 Å². The smallest absolute Gasteiger partial charge is 0.227 e. The molecule has 3 heterocycles. The Kier molecular flexibility index (Phi) is 4.61. The van der Waals surface area contributed by atoms with Crippen molar-refractivity contribution >= 4 is 11.4 Å². The molecule has 5 heteroatoms. The van der Waals surface area contributed by atoms with Gasteiger partial charge in [0.2, 0.25) is 5.91 Å². The largest absolute Gasteiger partial charge is 0.496 e. The summed E-state index contributed by atoms with van der Waals surface area (Å²) in [6, 6.07) is 14.2. The highest BCUT2D eigenvalue weighted by atomic mass is 16.5. The van der Waals surface area contributed by atoms with Crippen molar-refractivity contribution in [1.82, 2.24) is 14.5 Å². The summed E-state index contributed by atoms with van der Waals surface area (Å²) in [5.74, 6) is 1.08. The summed E-state index contributed by atoms with van der Waals surface area (Å²) in [6.07, 6.45) is 7.04. The average molecular weight is 349 g/mol. The summed E-state index contributed by atoms with van der Waals surface area (Å²) in [5.41, 5.74) is 3.15. The van der Waals surface area contributed by atoms with E-state index in [9.17, 15) is 4.79 Å². The Morgan fingerprint density at radius 3 is 2.92 bits per heavy atom. The van der Waals surface area contributed by atoms with Gasteiger partial charge in [0, 0.05) is 24.3 Å². The second kappa shape index (κ2) is 7.20. The number of hydrogen-bond donors (Lipinski definition) is 0. The quantitative estimate of drug-likeness (QED) is 0.711. The molecule has 0 spiro atoms. The third kappa shape index (κ3) is 3.17. The predicted molar refractivity (Wildman–Crippen MR) is 100 cm³/mol. The third-order valence-corrected chi connectivity index (χ3v) is 5.19. The van der Waals surface area contributed by atoms with Crippen LogP contribution < -0.4 is 4.74 Å². The van der Waals surface area contributed by atoms with Gasteiger partial charge in [0.25, 0.3) is 0 Å². The van der Waals surface area contributed by atoms with Gasteiger partial charge in [0.05, 0.1) is 25.2 Å². The molecule has 0 bridgehead atoms. The van der Waals surface area contributed by atoms with Crippen LogP contribution in [0.3, 0.4) is 0 Å². The van der Waals surface area contributed by atoms with Gasteiger partial charge in [-0.25, -0.2) is 4.52 Å². The molecule has 1 fully saturated rings. The number of benzene rings is 1. The fourth-order valence-electron chi connectivity index (χ4n) is 3.89. The number of methoxy groups -OCH3 is 1. The third-order valence-electron chi connectivity index (χ3n) is 5.19. The highest BCUT2D eigenvalue weighted by molar-refractivity contribution is 5.81. The SMILES string of the molecule is COc1ccccc1CC1CCCN1C(=O)Cc1cnn2ccccc12. The van der Waals surface area contributed by atoms with Crippen LogP contribution in [0.5, 0.6) is 5.75 Å². The highest BCUT2D eigenvalue weighted by Crippen LogP contribution is 2.27. The minimum atomic E-state index is 0.182. The molecule has 1 amide bonds. The highest BCUT2D eigenvalue weighted by Gasteiger charge is 2.29. The predicted octanol–water partition coefficient (Wildman–Crippen LogP) is 3.12. The number of ether oxygens (including phenoxy) is 1. The van der Waals surface area contributed by atoms with E-state index in [0.717, 1.165) is 48.2 Å². The van der Waals surface area contributed by atoms with Crippen molar-refractivity contribution in [3.8, 4) is 5.75 Å². The maximum atomic E-state index is 13.0. The molecule has 3 aromatic rings. The number of likely N-dealkylation sites (tertiary alicyclic amines) is 1. The Hall–Kier alpha value is -2.82. The number of carbonyl (C=O) groups is 1. The van der Waals surface area contributed by atoms with Crippen molar-refractivity contribution in [3.63, 3.8) is 0 Å². The van der Waals surface area contributed by atoms with Crippen molar-refractivity contribution in [2.75, 3.05) is 13.7 Å². The van der Waals surface area contributed by atoms with E-state index < -0.39 is 0 Å². The van der Waals surface area contributed by atoms with Crippen LogP contribution in [0.4, 0.5) is 0 Å². The molecule has 1 aliphatic heterocycles. The zero-order chi connectivity index (χ0) is 17.9. The number of rotatable bonds is 5. The zero-order valence-corrected chi connectivity index (χ0v) is 15.0. The Bertz CT molecular complexity index is 918. The van der Waals surface area contributed by atoms with E-state index in [1.54, 1.807) is 13.3 Å². The van der Waals surface area contributed by atoms with Gasteiger partial charge in [-0.3, -0.25) is 4.79 Å². The van der Waals surface area contributed by atoms with E-state index in [-0.39, 0.29) is 11.9 Å². The standard InChI is InChI=1S/C21H23N3O2/c1-26-20-10-3-2-7-16(20)13-18-8-6-11-23(18)21(25)14-17-15-22-24-12-5-4-9-19(17)24/h2-5,7,9-10,12,15,18H,6,8,11,13-14H2,1H3. The Balaban J connectivity index is 1.50. The molecule has 0 aliphatic carbocycles. The summed E-state index contributed by atoms with van der Waals surface area (Å²) < 4.78 is 7.29. The van der Waals surface area contributed by atoms with Crippen LogP contribution in [0.2, 0.25) is 0 Å². The lowest BCUT2D eigenvalue weighted by Crippen LogP contribution is -2.37. The van der Waals surface area contributed by atoms with E-state index in [2.05, 4.69) is 11.2 Å². The van der Waals surface area contributed by atoms with Crippen molar-refractivity contribution in [2.45, 2.75) is 31.7 Å². The van der Waals surface area contributed by atoms with Gasteiger partial charge < -0.3 is 9.64 Å². The molecule has 1 aliphatic rings. The summed E-state index contributed by atoms with van der Waals surface area (Å²) in [4.78, 5) is 15.0. The normalized spacial score (nSPS) is 17.0. The first-order chi connectivity index (χ1) is 12.8. The minimum absolute atomic E-state index is 0.182. The maximum absolute atomic E-state index is 13.0. The van der Waals surface area contributed by atoms with E-state index in [0.29, 0.717) is 6.42 Å². The van der Waals surface area contributed by atoms with Crippen LogP contribution in [0, 0.1) is 0 Å². The minimum Gasteiger partial charge on any atom is -0.496 e. The van der Waals surface area contributed by atoms with Crippen molar-refractivity contribution in [2.24, 2.45) is 0 Å². The summed E-state index contributed by atoms with van der Waals surface area (Å²) in [6.45, 7) is 0.831. The van der Waals surface area contributed by atoms with Gasteiger partial charge in [-0.2, -0.15) is 5.10 Å². The lowest BCUT2D eigenvalue weighted by Gasteiger charge is -2.25. The Labute approximate surface area is 153 Å². The number of para-hydroxylation sites is 1. The molecule has 4 rings (SSSR count). The molecule has 1 unspecified atom stereocenters. The average Bonchev–Trinajstić information content (AvgIpc) is 3.30. The van der Waals surface area contributed by atoms with Crippen LogP contribution >= 0.6 is 0 Å². The molecule has 2 aromatic heterocycles. The number of fused-ring (bicyclic) bond motifs is 1. The molecule has 5 nitrogen and oxygen atoms in total. The first kappa shape index (κ1) is 16.6. The Morgan fingerprint density at radius 2 is 2.04 bits per heavy atom. The van der Waals surface area contributed by atoms with Crippen LogP contribution in [-0.4, -0.2) is 40.1 Å². The maximum Gasteiger partial charge on any atom is 0.227 e. The van der Waals surface area contributed by atoms with Crippen LogP contribution in [-0.2, 0) is 17.6 Å². The van der Waals surface area contributed by atoms with Gasteiger partial charge in [-0.15, -0.1) is 0 Å². The van der Waals surface area contributed by atoms with Gasteiger partial charge in [-0.05, 0) is 43.0 Å². The molecule has 1 aromatic carbocycles. The molecule has 0 radical (unpaired) electrons. The number of carbonyl (C=O) groups excluding carboxylic acids is 1. The molecule has 0 saturated carbocycles. The van der Waals surface area contributed by atoms with Crippen LogP contribution in [0.1, 0.15) is 24.0 Å². The molecule has 1 saturated heterocycles. The molecular formula is C21H23N3O2. The Morgan fingerprint density at radius 1 is 1.19 bits per heavy atom. The second-order valence-electron chi connectivity index (χ2n) is 6.78. The summed E-state index contributed by atoms with van der Waals surface area (Å²) >= 11 is 0. The van der Waals surface area contributed by atoms with Crippen molar-refractivity contribution in [1.29, 1.82) is 0 Å². The summed E-state index contributed by atoms with van der Waals surface area (Å²) in [5, 5.41) is 4.34. The van der Waals surface area contributed by atoms with E-state index in [1.165, 1.54) is 0 Å². The van der Waals surface area contributed by atoms with E-state index in [1.807, 2.05) is 52.0 Å². The number of amides is 1. The molecule has 0 N–H and O–H groups in total. The van der Waals surface area contributed by atoms with Crippen LogP contribution in [0.25, 0.3) is 5.52 Å². The lowest BCUT2D eigenvalue weighted by atomic mass is 10.0. The van der Waals surface area contributed by atoms with E-state index in [4.69, 9.17) is 4.74 Å². The topological polar surface area (TPSA) is 46.8 Å². The van der Waals surface area contributed by atoms with Gasteiger partial charge >= 0.3 is 0 Å². The molecule has 134 valence electrons. The number of nitrogens with zero attached hydrogens (tertiary/aromatic N) is 3.